The zero-order valence-electron chi connectivity index (χ0n) is 10.9. The van der Waals surface area contributed by atoms with Crippen LogP contribution in [0.5, 0.6) is 5.88 Å². The van der Waals surface area contributed by atoms with E-state index in [0.29, 0.717) is 24.7 Å². The van der Waals surface area contributed by atoms with Crippen molar-refractivity contribution in [3.63, 3.8) is 0 Å². The summed E-state index contributed by atoms with van der Waals surface area (Å²) in [4.78, 5) is 19.2. The number of nitrogens with zero attached hydrogens (tertiary/aromatic N) is 2. The third-order valence-corrected chi connectivity index (χ3v) is 2.04. The number of carbonyl (C=O) groups is 1. The summed E-state index contributed by atoms with van der Waals surface area (Å²) in [5.74, 6) is 1.04. The average Bonchev–Trinajstić information content (AvgIpc) is 2.27. The van der Waals surface area contributed by atoms with E-state index in [1.54, 1.807) is 6.07 Å². The largest absolute Gasteiger partial charge is 0.481 e. The highest BCUT2D eigenvalue weighted by atomic mass is 16.5. The first kappa shape index (κ1) is 14.0. The van der Waals surface area contributed by atoms with Gasteiger partial charge in [0.15, 0.2) is 0 Å². The number of nitrogens with one attached hydrogen (secondary N) is 2. The number of methoxy groups -OCH3 is 1. The van der Waals surface area contributed by atoms with Crippen LogP contribution in [0.1, 0.15) is 20.3 Å². The van der Waals surface area contributed by atoms with E-state index in [2.05, 4.69) is 20.6 Å². The van der Waals surface area contributed by atoms with Crippen molar-refractivity contribution in [3.8, 4) is 5.88 Å². The highest BCUT2D eigenvalue weighted by molar-refractivity contribution is 5.76. The van der Waals surface area contributed by atoms with Crippen LogP contribution in [0.4, 0.5) is 11.8 Å². The maximum atomic E-state index is 11.4. The molecule has 1 heterocycles. The smallest absolute Gasteiger partial charge is 0.225 e. The number of carbonyl (C=O) groups excluding carboxylic acids is 1. The fraction of sp³-hybridized carbons (Fsp3) is 0.545. The number of hydrogen-bond acceptors (Lipinski definition) is 6. The van der Waals surface area contributed by atoms with Crippen molar-refractivity contribution < 1.29 is 9.53 Å². The van der Waals surface area contributed by atoms with Gasteiger partial charge in [0.1, 0.15) is 5.82 Å². The molecule has 1 aromatic rings. The Morgan fingerprint density at radius 2 is 2.22 bits per heavy atom. The molecule has 7 nitrogen and oxygen atoms in total. The summed E-state index contributed by atoms with van der Waals surface area (Å²) >= 11 is 0. The van der Waals surface area contributed by atoms with Crippen LogP contribution in [0.15, 0.2) is 6.07 Å². The SMILES string of the molecule is COc1cc(NCCC(=O)NC(C)C)nc(N)n1. The van der Waals surface area contributed by atoms with Gasteiger partial charge < -0.3 is 21.1 Å². The van der Waals surface area contributed by atoms with Crippen LogP contribution in [0.25, 0.3) is 0 Å². The third-order valence-electron chi connectivity index (χ3n) is 2.04. The summed E-state index contributed by atoms with van der Waals surface area (Å²) in [6, 6.07) is 1.77. The lowest BCUT2D eigenvalue weighted by molar-refractivity contribution is -0.121. The van der Waals surface area contributed by atoms with Crippen molar-refractivity contribution >= 4 is 17.7 Å². The summed E-state index contributed by atoms with van der Waals surface area (Å²) in [6.07, 6.45) is 0.365. The number of anilines is 2. The van der Waals surface area contributed by atoms with Crippen LogP contribution in [-0.2, 0) is 4.79 Å². The topological polar surface area (TPSA) is 102 Å². The summed E-state index contributed by atoms with van der Waals surface area (Å²) in [6.45, 7) is 4.31. The molecular weight excluding hydrogens is 234 g/mol. The number of nitrogen functional groups attached to an aromatic ring is 1. The molecule has 0 spiro atoms. The molecule has 0 aliphatic carbocycles. The minimum atomic E-state index is -0.00788. The normalized spacial score (nSPS) is 10.2. The molecule has 0 aliphatic rings. The number of nitrogens with two attached hydrogens (primary N) is 1. The van der Waals surface area contributed by atoms with Gasteiger partial charge in [-0.05, 0) is 13.8 Å². The van der Waals surface area contributed by atoms with Gasteiger partial charge in [-0.1, -0.05) is 0 Å². The van der Waals surface area contributed by atoms with Gasteiger partial charge >= 0.3 is 0 Å². The molecule has 100 valence electrons. The van der Waals surface area contributed by atoms with Gasteiger partial charge in [0.2, 0.25) is 17.7 Å². The number of hydrogen-bond donors (Lipinski definition) is 3. The Balaban J connectivity index is 2.44. The predicted octanol–water partition coefficient (Wildman–Crippen LogP) is 0.394. The zero-order valence-corrected chi connectivity index (χ0v) is 10.9. The average molecular weight is 253 g/mol. The highest BCUT2D eigenvalue weighted by Crippen LogP contribution is 2.13. The molecule has 7 heteroatoms. The van der Waals surface area contributed by atoms with E-state index < -0.39 is 0 Å². The van der Waals surface area contributed by atoms with E-state index in [9.17, 15) is 4.79 Å². The Morgan fingerprint density at radius 1 is 1.50 bits per heavy atom. The molecule has 0 bridgehead atoms. The minimum Gasteiger partial charge on any atom is -0.481 e. The van der Waals surface area contributed by atoms with Gasteiger partial charge in [0.05, 0.1) is 7.11 Å². The van der Waals surface area contributed by atoms with Crippen molar-refractivity contribution in [2.45, 2.75) is 26.3 Å². The minimum absolute atomic E-state index is 0.00788. The Bertz CT molecular complexity index is 408. The Hall–Kier alpha value is -2.05. The summed E-state index contributed by atoms with van der Waals surface area (Å²) in [7, 11) is 1.50. The molecule has 0 saturated heterocycles. The van der Waals surface area contributed by atoms with Crippen molar-refractivity contribution in [2.75, 3.05) is 24.7 Å². The second-order valence-electron chi connectivity index (χ2n) is 4.05. The molecule has 1 amide bonds. The van der Waals surface area contributed by atoms with E-state index in [0.717, 1.165) is 0 Å². The molecule has 0 fully saturated rings. The molecule has 1 rings (SSSR count). The van der Waals surface area contributed by atoms with Crippen LogP contribution in [0.3, 0.4) is 0 Å². The lowest BCUT2D eigenvalue weighted by atomic mass is 10.3. The molecule has 0 saturated carbocycles. The first-order valence-electron chi connectivity index (χ1n) is 5.73. The highest BCUT2D eigenvalue weighted by Gasteiger charge is 2.05. The first-order chi connectivity index (χ1) is 8.51. The number of ether oxygens (including phenoxy) is 1. The molecule has 0 radical (unpaired) electrons. The van der Waals surface area contributed by atoms with Crippen molar-refractivity contribution in [1.29, 1.82) is 0 Å². The summed E-state index contributed by atoms with van der Waals surface area (Å²) < 4.78 is 4.97. The van der Waals surface area contributed by atoms with Gasteiger partial charge in [-0.15, -0.1) is 0 Å². The lowest BCUT2D eigenvalue weighted by Gasteiger charge is -2.09. The quantitative estimate of drug-likeness (QED) is 0.678. The number of aromatic nitrogens is 2. The maximum Gasteiger partial charge on any atom is 0.225 e. The van der Waals surface area contributed by atoms with Crippen LogP contribution >= 0.6 is 0 Å². The van der Waals surface area contributed by atoms with Crippen LogP contribution in [0, 0.1) is 0 Å². The van der Waals surface area contributed by atoms with Crippen LogP contribution < -0.4 is 21.1 Å². The van der Waals surface area contributed by atoms with Gasteiger partial charge in [-0.3, -0.25) is 4.79 Å². The lowest BCUT2D eigenvalue weighted by Crippen LogP contribution is -2.31. The van der Waals surface area contributed by atoms with E-state index in [1.165, 1.54) is 7.11 Å². The van der Waals surface area contributed by atoms with Gasteiger partial charge in [-0.25, -0.2) is 0 Å². The molecule has 0 aromatic carbocycles. The monoisotopic (exact) mass is 253 g/mol. The fourth-order valence-corrected chi connectivity index (χ4v) is 1.34. The number of amides is 1. The molecule has 1 aromatic heterocycles. The van der Waals surface area contributed by atoms with E-state index in [1.807, 2.05) is 13.8 Å². The fourth-order valence-electron chi connectivity index (χ4n) is 1.34. The molecule has 0 aliphatic heterocycles. The van der Waals surface area contributed by atoms with Crippen LogP contribution in [-0.4, -0.2) is 35.6 Å². The van der Waals surface area contributed by atoms with Crippen molar-refractivity contribution in [3.05, 3.63) is 6.07 Å². The second-order valence-corrected chi connectivity index (χ2v) is 4.05. The van der Waals surface area contributed by atoms with Crippen LogP contribution in [0.2, 0.25) is 0 Å². The molecule has 4 N–H and O–H groups in total. The zero-order chi connectivity index (χ0) is 13.5. The summed E-state index contributed by atoms with van der Waals surface area (Å²) in [5, 5.41) is 5.79. The Kier molecular flexibility index (Phi) is 5.16. The molecular formula is C11H19N5O2. The summed E-state index contributed by atoms with van der Waals surface area (Å²) in [5.41, 5.74) is 5.51. The third kappa shape index (κ3) is 4.86. The van der Waals surface area contributed by atoms with E-state index in [-0.39, 0.29) is 17.9 Å². The van der Waals surface area contributed by atoms with E-state index >= 15 is 0 Å². The van der Waals surface area contributed by atoms with Crippen molar-refractivity contribution in [2.24, 2.45) is 0 Å². The first-order valence-corrected chi connectivity index (χ1v) is 5.73. The maximum absolute atomic E-state index is 11.4. The predicted molar refractivity (Wildman–Crippen MR) is 69.4 cm³/mol. The second kappa shape index (κ2) is 6.63. The molecule has 0 atom stereocenters. The molecule has 18 heavy (non-hydrogen) atoms. The van der Waals surface area contributed by atoms with Gasteiger partial charge in [-0.2, -0.15) is 9.97 Å². The van der Waals surface area contributed by atoms with E-state index in [4.69, 9.17) is 10.5 Å². The molecule has 0 unspecified atom stereocenters. The number of rotatable bonds is 6. The Morgan fingerprint density at radius 3 is 2.83 bits per heavy atom. The standard InChI is InChI=1S/C11H19N5O2/c1-7(2)14-9(17)4-5-13-8-6-10(18-3)16-11(12)15-8/h6-7H,4-5H2,1-3H3,(H,14,17)(H3,12,13,15,16). The van der Waals surface area contributed by atoms with Gasteiger partial charge in [0, 0.05) is 25.1 Å². The van der Waals surface area contributed by atoms with Crippen molar-refractivity contribution in [1.82, 2.24) is 15.3 Å². The Labute approximate surface area is 106 Å². The van der Waals surface area contributed by atoms with Gasteiger partial charge in [0.25, 0.3) is 0 Å².